The minimum atomic E-state index is -0.936. The average molecular weight is 464 g/mol. The van der Waals surface area contributed by atoms with Crippen LogP contribution < -0.4 is 5.73 Å². The third-order valence-corrected chi connectivity index (χ3v) is 9.99. The van der Waals surface area contributed by atoms with Crippen LogP contribution in [0.1, 0.15) is 61.1 Å². The molecule has 2 aromatic rings. The lowest BCUT2D eigenvalue weighted by Crippen LogP contribution is -2.53. The van der Waals surface area contributed by atoms with Gasteiger partial charge in [-0.05, 0) is 109 Å². The molecule has 182 valence electrons. The number of aliphatic hydroxyl groups excluding tert-OH is 1. The van der Waals surface area contributed by atoms with Gasteiger partial charge in [0.25, 0.3) is 0 Å². The minimum Gasteiger partial charge on any atom is -0.478 e. The number of rotatable bonds is 5. The molecule has 0 amide bonds. The van der Waals surface area contributed by atoms with Gasteiger partial charge in [0.05, 0.1) is 17.4 Å². The molecule has 4 N–H and O–H groups in total. The second kappa shape index (κ2) is 8.35. The summed E-state index contributed by atoms with van der Waals surface area (Å²) in [7, 11) is 0. The summed E-state index contributed by atoms with van der Waals surface area (Å²) in [5, 5.41) is 24.5. The quantitative estimate of drug-likeness (QED) is 0.576. The summed E-state index contributed by atoms with van der Waals surface area (Å²) in [5.41, 5.74) is 11.5. The Morgan fingerprint density at radius 3 is 2.62 bits per heavy atom. The zero-order valence-corrected chi connectivity index (χ0v) is 20.3. The van der Waals surface area contributed by atoms with Gasteiger partial charge in [-0.15, -0.1) is 0 Å². The number of carbonyl (C=O) groups is 1. The molecule has 0 saturated heterocycles. The van der Waals surface area contributed by atoms with Crippen molar-refractivity contribution < 1.29 is 15.0 Å². The number of aromatic nitrogens is 2. The van der Waals surface area contributed by atoms with Gasteiger partial charge < -0.3 is 15.9 Å². The highest BCUT2D eigenvalue weighted by Gasteiger charge is 2.56. The van der Waals surface area contributed by atoms with Crippen LogP contribution in [0.3, 0.4) is 0 Å². The first kappa shape index (κ1) is 23.3. The van der Waals surface area contributed by atoms with Gasteiger partial charge in [-0.25, -0.2) is 9.48 Å². The van der Waals surface area contributed by atoms with Crippen LogP contribution in [0.25, 0.3) is 5.69 Å². The molecule has 0 bridgehead atoms. The van der Waals surface area contributed by atoms with Crippen LogP contribution in [0.5, 0.6) is 0 Å². The summed E-state index contributed by atoms with van der Waals surface area (Å²) in [6.45, 7) is 10.0. The number of nitrogens with two attached hydrogens (primary N) is 1. The third-order valence-electron chi connectivity index (χ3n) is 9.99. The normalized spacial score (nSPS) is 35.1. The van der Waals surface area contributed by atoms with Crippen molar-refractivity contribution in [3.8, 4) is 5.69 Å². The molecule has 5 rings (SSSR count). The van der Waals surface area contributed by atoms with Gasteiger partial charge in [0.15, 0.2) is 0 Å². The van der Waals surface area contributed by atoms with Crippen LogP contribution in [-0.2, 0) is 12.8 Å². The average Bonchev–Trinajstić information content (AvgIpc) is 3.37. The molecule has 0 spiro atoms. The molecule has 1 aromatic carbocycles. The van der Waals surface area contributed by atoms with Gasteiger partial charge in [-0.1, -0.05) is 26.0 Å². The Kier molecular flexibility index (Phi) is 5.72. The van der Waals surface area contributed by atoms with E-state index in [1.165, 1.54) is 17.6 Å². The lowest BCUT2D eigenvalue weighted by molar-refractivity contribution is -0.0537. The van der Waals surface area contributed by atoms with Crippen molar-refractivity contribution in [2.75, 3.05) is 13.2 Å². The first-order valence-corrected chi connectivity index (χ1v) is 12.6. The molecule has 6 nitrogen and oxygen atoms in total. The lowest BCUT2D eigenvalue weighted by Gasteiger charge is -2.55. The first-order chi connectivity index (χ1) is 16.2. The number of nitrogens with zero attached hydrogens (tertiary/aromatic N) is 2. The van der Waals surface area contributed by atoms with E-state index in [1.807, 2.05) is 10.9 Å². The van der Waals surface area contributed by atoms with E-state index in [1.54, 1.807) is 24.3 Å². The smallest absolute Gasteiger partial charge is 0.335 e. The predicted octanol–water partition coefficient (Wildman–Crippen LogP) is 4.24. The summed E-state index contributed by atoms with van der Waals surface area (Å²) in [6, 6.07) is 6.83. The molecule has 0 aliphatic heterocycles. The SMILES string of the molecule is C=C1CC[C@H]2[C@H](CN)[C@@H]([C@@]3(C)Cc4cnn(-c5ccc(C(=O)O)cc5)c4C[C@@H]3CO)CC[C@]12C. The van der Waals surface area contributed by atoms with E-state index in [2.05, 4.69) is 25.5 Å². The number of carboxylic acid groups (broad SMARTS) is 1. The second-order valence-corrected chi connectivity index (χ2v) is 11.4. The maximum Gasteiger partial charge on any atom is 0.335 e. The fourth-order valence-electron chi connectivity index (χ4n) is 7.81. The van der Waals surface area contributed by atoms with E-state index in [4.69, 9.17) is 5.73 Å². The molecule has 1 heterocycles. The van der Waals surface area contributed by atoms with Crippen LogP contribution in [-0.4, -0.2) is 39.1 Å². The topological polar surface area (TPSA) is 101 Å². The summed E-state index contributed by atoms with van der Waals surface area (Å²) in [6.07, 6.45) is 8.19. The minimum absolute atomic E-state index is 0.0436. The van der Waals surface area contributed by atoms with Crippen molar-refractivity contribution in [2.24, 2.45) is 40.2 Å². The zero-order chi connectivity index (χ0) is 24.3. The van der Waals surface area contributed by atoms with Crippen LogP contribution >= 0.6 is 0 Å². The van der Waals surface area contributed by atoms with E-state index in [-0.39, 0.29) is 28.9 Å². The molecule has 3 aliphatic carbocycles. The molecular weight excluding hydrogens is 426 g/mol. The van der Waals surface area contributed by atoms with E-state index in [0.717, 1.165) is 43.5 Å². The molecule has 0 unspecified atom stereocenters. The largest absolute Gasteiger partial charge is 0.478 e. The summed E-state index contributed by atoms with van der Waals surface area (Å²) in [4.78, 5) is 11.2. The molecule has 6 atom stereocenters. The Bertz CT molecular complexity index is 1110. The highest BCUT2D eigenvalue weighted by atomic mass is 16.4. The fraction of sp³-hybridized carbons (Fsp3) is 0.571. The second-order valence-electron chi connectivity index (χ2n) is 11.4. The standard InChI is InChI=1S/C28H37N3O3/c1-17-4-9-23-22(14-29)24(10-11-27(17,23)2)28(3)13-19-15-30-31(25(19)12-20(28)16-32)21-7-5-18(6-8-21)26(33)34/h5-8,15,20,22-24,32H,1,4,9-14,16,29H2,2-3H3,(H,33,34)/t20-,22+,23+,24+,27-,28+/m1/s1. The fourth-order valence-corrected chi connectivity index (χ4v) is 7.81. The van der Waals surface area contributed by atoms with Gasteiger partial charge in [-0.2, -0.15) is 5.10 Å². The molecule has 0 radical (unpaired) electrons. The molecule has 34 heavy (non-hydrogen) atoms. The monoisotopic (exact) mass is 463 g/mol. The third kappa shape index (κ3) is 3.37. The van der Waals surface area contributed by atoms with Crippen molar-refractivity contribution in [1.29, 1.82) is 0 Å². The van der Waals surface area contributed by atoms with Crippen LogP contribution in [0.2, 0.25) is 0 Å². The van der Waals surface area contributed by atoms with Crippen molar-refractivity contribution >= 4 is 5.97 Å². The Balaban J connectivity index is 1.47. The van der Waals surface area contributed by atoms with Crippen molar-refractivity contribution in [3.05, 3.63) is 59.4 Å². The number of allylic oxidation sites excluding steroid dienone is 1. The number of aromatic carboxylic acids is 1. The molecule has 2 saturated carbocycles. The Hall–Kier alpha value is -2.44. The van der Waals surface area contributed by atoms with Crippen LogP contribution in [0, 0.1) is 34.5 Å². The van der Waals surface area contributed by atoms with E-state index < -0.39 is 5.97 Å². The maximum absolute atomic E-state index is 11.2. The molecular formula is C28H37N3O3. The Morgan fingerprint density at radius 2 is 1.97 bits per heavy atom. The number of hydrogen-bond donors (Lipinski definition) is 3. The first-order valence-electron chi connectivity index (χ1n) is 12.6. The highest BCUT2D eigenvalue weighted by molar-refractivity contribution is 5.87. The number of aliphatic hydroxyl groups is 1. The predicted molar refractivity (Wildman–Crippen MR) is 132 cm³/mol. The number of benzene rings is 1. The molecule has 6 heteroatoms. The lowest BCUT2D eigenvalue weighted by atomic mass is 9.49. The van der Waals surface area contributed by atoms with Crippen LogP contribution in [0.15, 0.2) is 42.6 Å². The summed E-state index contributed by atoms with van der Waals surface area (Å²) in [5.74, 6) is 0.676. The Labute approximate surface area is 201 Å². The van der Waals surface area contributed by atoms with Crippen molar-refractivity contribution in [3.63, 3.8) is 0 Å². The van der Waals surface area contributed by atoms with Gasteiger partial charge in [0.2, 0.25) is 0 Å². The van der Waals surface area contributed by atoms with Crippen molar-refractivity contribution in [2.45, 2.75) is 52.4 Å². The van der Waals surface area contributed by atoms with E-state index in [0.29, 0.717) is 24.3 Å². The number of hydrogen-bond acceptors (Lipinski definition) is 4. The van der Waals surface area contributed by atoms with Gasteiger partial charge >= 0.3 is 5.97 Å². The van der Waals surface area contributed by atoms with Crippen LogP contribution in [0.4, 0.5) is 0 Å². The van der Waals surface area contributed by atoms with Crippen molar-refractivity contribution in [1.82, 2.24) is 9.78 Å². The highest BCUT2D eigenvalue weighted by Crippen LogP contribution is 2.62. The summed E-state index contributed by atoms with van der Waals surface area (Å²) < 4.78 is 1.92. The molecule has 3 aliphatic rings. The van der Waals surface area contributed by atoms with Gasteiger partial charge in [-0.3, -0.25) is 0 Å². The number of carboxylic acids is 1. The van der Waals surface area contributed by atoms with Gasteiger partial charge in [0.1, 0.15) is 0 Å². The van der Waals surface area contributed by atoms with E-state index in [9.17, 15) is 15.0 Å². The molecule has 2 fully saturated rings. The molecule has 1 aromatic heterocycles. The van der Waals surface area contributed by atoms with Gasteiger partial charge in [0, 0.05) is 12.3 Å². The number of fused-ring (bicyclic) bond motifs is 2. The summed E-state index contributed by atoms with van der Waals surface area (Å²) >= 11 is 0. The Morgan fingerprint density at radius 1 is 1.24 bits per heavy atom. The maximum atomic E-state index is 11.2. The zero-order valence-electron chi connectivity index (χ0n) is 20.3. The van der Waals surface area contributed by atoms with E-state index >= 15 is 0 Å².